The third kappa shape index (κ3) is 2.19. The van der Waals surface area contributed by atoms with Crippen molar-refractivity contribution < 1.29 is 4.79 Å². The van der Waals surface area contributed by atoms with Crippen molar-refractivity contribution in [2.45, 2.75) is 26.7 Å². The molecule has 0 spiro atoms. The smallest absolute Gasteiger partial charge is 0.164 e. The average Bonchev–Trinajstić information content (AvgIpc) is 2.92. The van der Waals surface area contributed by atoms with Gasteiger partial charge in [-0.05, 0) is 47.3 Å². The van der Waals surface area contributed by atoms with Gasteiger partial charge in [-0.3, -0.25) is 4.79 Å². The maximum atomic E-state index is 12.4. The first kappa shape index (κ1) is 13.8. The minimum atomic E-state index is 0.269. The zero-order chi connectivity index (χ0) is 14.3. The zero-order valence-corrected chi connectivity index (χ0v) is 13.9. The molecule has 1 aromatic carbocycles. The van der Waals surface area contributed by atoms with Gasteiger partial charge in [0.25, 0.3) is 0 Å². The molecule has 0 N–H and O–H groups in total. The largest absolute Gasteiger partial charge is 0.294 e. The molecule has 1 aliphatic rings. The Kier molecular flexibility index (Phi) is 3.65. The summed E-state index contributed by atoms with van der Waals surface area (Å²) >= 11 is 5.41. The van der Waals surface area contributed by atoms with Crippen LogP contribution in [0.15, 0.2) is 34.8 Å². The summed E-state index contributed by atoms with van der Waals surface area (Å²) in [6.45, 7) is 4.19. The summed E-state index contributed by atoms with van der Waals surface area (Å²) < 4.78 is 1.08. The van der Waals surface area contributed by atoms with E-state index >= 15 is 0 Å². The van der Waals surface area contributed by atoms with Crippen molar-refractivity contribution in [1.82, 2.24) is 0 Å². The van der Waals surface area contributed by atoms with Gasteiger partial charge in [-0.15, -0.1) is 11.3 Å². The molecule has 1 nitrogen and oxygen atoms in total. The number of thiophene rings is 1. The van der Waals surface area contributed by atoms with E-state index in [1.807, 2.05) is 18.2 Å². The van der Waals surface area contributed by atoms with E-state index in [0.29, 0.717) is 6.42 Å². The van der Waals surface area contributed by atoms with Gasteiger partial charge in [0.2, 0.25) is 0 Å². The number of Topliss-reactive ketones (excluding diaryl/α,β-unsaturated/α-hetero) is 1. The third-order valence-electron chi connectivity index (χ3n) is 3.74. The van der Waals surface area contributed by atoms with Gasteiger partial charge in [0, 0.05) is 31.8 Å². The molecular weight excluding hydrogens is 332 g/mol. The number of benzene rings is 1. The topological polar surface area (TPSA) is 17.1 Å². The van der Waals surface area contributed by atoms with Gasteiger partial charge in [-0.2, -0.15) is 0 Å². The van der Waals surface area contributed by atoms with Gasteiger partial charge in [0.15, 0.2) is 5.78 Å². The highest BCUT2D eigenvalue weighted by Crippen LogP contribution is 2.44. The maximum absolute atomic E-state index is 12.4. The van der Waals surface area contributed by atoms with Crippen LogP contribution in [-0.4, -0.2) is 5.78 Å². The first-order chi connectivity index (χ1) is 9.59. The van der Waals surface area contributed by atoms with E-state index in [-0.39, 0.29) is 5.78 Å². The third-order valence-corrected chi connectivity index (χ3v) is 6.02. The summed E-state index contributed by atoms with van der Waals surface area (Å²) in [6, 6.07) is 10.3. The lowest BCUT2D eigenvalue weighted by atomic mass is 9.97. The van der Waals surface area contributed by atoms with E-state index in [0.717, 1.165) is 22.0 Å². The minimum absolute atomic E-state index is 0.269. The number of hydrogen-bond donors (Lipinski definition) is 0. The normalized spacial score (nSPS) is 15.2. The van der Waals surface area contributed by atoms with Gasteiger partial charge in [0.1, 0.15) is 0 Å². The van der Waals surface area contributed by atoms with E-state index in [1.54, 1.807) is 11.3 Å². The van der Waals surface area contributed by atoms with E-state index in [9.17, 15) is 4.79 Å². The number of hydrogen-bond acceptors (Lipinski definition) is 2. The molecule has 1 heterocycles. The van der Waals surface area contributed by atoms with Crippen molar-refractivity contribution in [2.75, 3.05) is 0 Å². The van der Waals surface area contributed by atoms with Crippen LogP contribution in [0.5, 0.6) is 0 Å². The summed E-state index contributed by atoms with van der Waals surface area (Å²) in [7, 11) is 0. The molecule has 102 valence electrons. The summed E-state index contributed by atoms with van der Waals surface area (Å²) in [5, 5.41) is 0. The highest BCUT2D eigenvalue weighted by molar-refractivity contribution is 9.10. The molecule has 0 saturated heterocycles. The molecule has 1 aromatic heterocycles. The number of allylic oxidation sites excluding steroid dienone is 2. The van der Waals surface area contributed by atoms with Crippen LogP contribution in [0.25, 0.3) is 11.1 Å². The first-order valence-electron chi connectivity index (χ1n) is 6.67. The molecule has 3 heteroatoms. The average molecular weight is 347 g/mol. The Morgan fingerprint density at radius 2 is 1.75 bits per heavy atom. The van der Waals surface area contributed by atoms with Crippen LogP contribution in [0.1, 0.15) is 33.7 Å². The Morgan fingerprint density at radius 1 is 1.05 bits per heavy atom. The van der Waals surface area contributed by atoms with Gasteiger partial charge in [0.05, 0.1) is 0 Å². The molecule has 1 aliphatic carbocycles. The SMILES string of the molecule is Cc1sc(C)c(C2=C(c3ccccc3)CCC2=O)c1Br. The first-order valence-corrected chi connectivity index (χ1v) is 8.28. The van der Waals surface area contributed by atoms with Crippen LogP contribution < -0.4 is 0 Å². The Hall–Kier alpha value is -1.19. The van der Waals surface area contributed by atoms with Gasteiger partial charge < -0.3 is 0 Å². The number of rotatable bonds is 2. The maximum Gasteiger partial charge on any atom is 0.164 e. The minimum Gasteiger partial charge on any atom is -0.294 e. The predicted octanol–water partition coefficient (Wildman–Crippen LogP) is 5.40. The van der Waals surface area contributed by atoms with Crippen LogP contribution in [0.4, 0.5) is 0 Å². The predicted molar refractivity (Wildman–Crippen MR) is 89.0 cm³/mol. The number of aryl methyl sites for hydroxylation is 2. The molecule has 0 bridgehead atoms. The zero-order valence-electron chi connectivity index (χ0n) is 11.5. The number of carbonyl (C=O) groups excluding carboxylic acids is 1. The Labute approximate surface area is 131 Å². The lowest BCUT2D eigenvalue weighted by Crippen LogP contribution is -1.97. The second kappa shape index (κ2) is 5.30. The second-order valence-corrected chi connectivity index (χ2v) is 7.27. The lowest BCUT2D eigenvalue weighted by Gasteiger charge is -2.08. The van der Waals surface area contributed by atoms with Crippen molar-refractivity contribution in [3.63, 3.8) is 0 Å². The monoisotopic (exact) mass is 346 g/mol. The van der Waals surface area contributed by atoms with Gasteiger partial charge in [-0.25, -0.2) is 0 Å². The fraction of sp³-hybridized carbons (Fsp3) is 0.235. The fourth-order valence-corrected chi connectivity index (χ4v) is 4.64. The van der Waals surface area contributed by atoms with Crippen LogP contribution in [0, 0.1) is 13.8 Å². The number of ketones is 1. The second-order valence-electron chi connectivity index (χ2n) is 5.05. The van der Waals surface area contributed by atoms with Crippen LogP contribution >= 0.6 is 27.3 Å². The van der Waals surface area contributed by atoms with E-state index in [4.69, 9.17) is 0 Å². The molecule has 2 aromatic rings. The van der Waals surface area contributed by atoms with Crippen molar-refractivity contribution in [1.29, 1.82) is 0 Å². The van der Waals surface area contributed by atoms with Crippen molar-refractivity contribution >= 4 is 44.2 Å². The Balaban J connectivity index is 2.25. The van der Waals surface area contributed by atoms with Crippen molar-refractivity contribution in [3.8, 4) is 0 Å². The molecule has 0 atom stereocenters. The molecule has 0 unspecified atom stereocenters. The molecule has 20 heavy (non-hydrogen) atoms. The summed E-state index contributed by atoms with van der Waals surface area (Å²) in [6.07, 6.45) is 1.47. The van der Waals surface area contributed by atoms with Gasteiger partial charge >= 0.3 is 0 Å². The van der Waals surface area contributed by atoms with E-state index in [1.165, 1.54) is 20.9 Å². The summed E-state index contributed by atoms with van der Waals surface area (Å²) in [5.74, 6) is 0.269. The highest BCUT2D eigenvalue weighted by Gasteiger charge is 2.29. The number of carbonyl (C=O) groups is 1. The lowest BCUT2D eigenvalue weighted by molar-refractivity contribution is -0.113. The molecule has 0 aliphatic heterocycles. The van der Waals surface area contributed by atoms with E-state index < -0.39 is 0 Å². The molecular formula is C17H15BrOS. The van der Waals surface area contributed by atoms with Crippen molar-refractivity contribution in [3.05, 3.63) is 55.7 Å². The van der Waals surface area contributed by atoms with Crippen molar-refractivity contribution in [2.24, 2.45) is 0 Å². The van der Waals surface area contributed by atoms with Crippen LogP contribution in [0.2, 0.25) is 0 Å². The summed E-state index contributed by atoms with van der Waals surface area (Å²) in [5.41, 5.74) is 4.39. The Bertz CT molecular complexity index is 710. The molecule has 0 saturated carbocycles. The van der Waals surface area contributed by atoms with Crippen LogP contribution in [-0.2, 0) is 4.79 Å². The molecule has 0 radical (unpaired) electrons. The molecule has 0 fully saturated rings. The number of halogens is 1. The highest BCUT2D eigenvalue weighted by atomic mass is 79.9. The standard InChI is InChI=1S/C17H15BrOS/c1-10-15(17(18)11(2)20-10)16-13(8-9-14(16)19)12-6-4-3-5-7-12/h3-7H,8-9H2,1-2H3. The van der Waals surface area contributed by atoms with E-state index in [2.05, 4.69) is 41.9 Å². The fourth-order valence-electron chi connectivity index (χ4n) is 2.82. The van der Waals surface area contributed by atoms with Crippen LogP contribution in [0.3, 0.4) is 0 Å². The Morgan fingerprint density at radius 3 is 2.35 bits per heavy atom. The quantitative estimate of drug-likeness (QED) is 0.711. The molecule has 3 rings (SSSR count). The molecule has 0 amide bonds. The van der Waals surface area contributed by atoms with Gasteiger partial charge in [-0.1, -0.05) is 30.3 Å². The summed E-state index contributed by atoms with van der Waals surface area (Å²) in [4.78, 5) is 14.8.